The summed E-state index contributed by atoms with van der Waals surface area (Å²) in [5.41, 5.74) is 2.68. The fraction of sp³-hybridized carbons (Fsp3) is 0.407. The van der Waals surface area contributed by atoms with Gasteiger partial charge >= 0.3 is 18.2 Å². The molecule has 10 heteroatoms. The minimum Gasteiger partial charge on any atom is -0.464 e. The fourth-order valence-electron chi connectivity index (χ4n) is 3.78. The second-order valence-electron chi connectivity index (χ2n) is 9.44. The van der Waals surface area contributed by atoms with Crippen molar-refractivity contribution in [3.63, 3.8) is 0 Å². The molecular formula is C27H34N4O6. The van der Waals surface area contributed by atoms with Crippen LogP contribution >= 0.6 is 0 Å². The highest BCUT2D eigenvalue weighted by Gasteiger charge is 2.24. The van der Waals surface area contributed by atoms with Crippen LogP contribution in [0.3, 0.4) is 0 Å². The predicted octanol–water partition coefficient (Wildman–Crippen LogP) is 5.19. The number of carbonyl (C=O) groups is 3. The number of hydrogen-bond donors (Lipinski definition) is 3. The van der Waals surface area contributed by atoms with Crippen molar-refractivity contribution < 1.29 is 28.6 Å². The first-order valence-corrected chi connectivity index (χ1v) is 12.1. The van der Waals surface area contributed by atoms with Gasteiger partial charge in [0, 0.05) is 23.1 Å². The number of esters is 1. The zero-order chi connectivity index (χ0) is 27.0. The molecule has 3 rings (SSSR count). The Kier molecular flexibility index (Phi) is 9.10. The summed E-state index contributed by atoms with van der Waals surface area (Å²) in [6, 6.07) is 7.87. The fourth-order valence-corrected chi connectivity index (χ4v) is 3.78. The zero-order valence-electron chi connectivity index (χ0n) is 21.8. The Morgan fingerprint density at radius 2 is 1.84 bits per heavy atom. The van der Waals surface area contributed by atoms with Gasteiger partial charge in [-0.05, 0) is 70.4 Å². The summed E-state index contributed by atoms with van der Waals surface area (Å²) in [5, 5.41) is 8.84. The molecule has 1 aliphatic heterocycles. The molecule has 198 valence electrons. The lowest BCUT2D eigenvalue weighted by Gasteiger charge is -2.24. The van der Waals surface area contributed by atoms with Gasteiger partial charge in [0.1, 0.15) is 11.6 Å². The van der Waals surface area contributed by atoms with E-state index in [0.717, 1.165) is 11.1 Å². The molecule has 0 unspecified atom stereocenters. The van der Waals surface area contributed by atoms with E-state index in [1.807, 2.05) is 30.4 Å². The number of carbonyl (C=O) groups excluding carboxylic acids is 3. The lowest BCUT2D eigenvalue weighted by atomic mass is 9.99. The molecule has 2 bridgehead atoms. The SMILES string of the molecule is CCOC(=O)[C@@H]1C/C=C/C[C@H](NC(=O)OC(C)(C)C)c2cc(ccn2)-c2ccc(NC(=O)OC)cc2N1. The number of aromatic nitrogens is 1. The van der Waals surface area contributed by atoms with Crippen LogP contribution in [0.5, 0.6) is 0 Å². The highest BCUT2D eigenvalue weighted by Crippen LogP contribution is 2.33. The third kappa shape index (κ3) is 7.96. The molecule has 37 heavy (non-hydrogen) atoms. The van der Waals surface area contributed by atoms with E-state index in [4.69, 9.17) is 14.2 Å². The van der Waals surface area contributed by atoms with Crippen LogP contribution in [-0.4, -0.2) is 48.5 Å². The highest BCUT2D eigenvalue weighted by atomic mass is 16.6. The molecule has 2 amide bonds. The van der Waals surface area contributed by atoms with Gasteiger partial charge in [-0.3, -0.25) is 10.3 Å². The van der Waals surface area contributed by atoms with Crippen molar-refractivity contribution in [3.05, 3.63) is 54.4 Å². The second-order valence-corrected chi connectivity index (χ2v) is 9.44. The monoisotopic (exact) mass is 510 g/mol. The quantitative estimate of drug-likeness (QED) is 0.291. The Balaban J connectivity index is 2.06. The summed E-state index contributed by atoms with van der Waals surface area (Å²) >= 11 is 0. The predicted molar refractivity (Wildman–Crippen MR) is 140 cm³/mol. The van der Waals surface area contributed by atoms with Gasteiger partial charge in [-0.1, -0.05) is 18.2 Å². The molecule has 2 aromatic rings. The summed E-state index contributed by atoms with van der Waals surface area (Å²) in [5.74, 6) is -0.402. The minimum atomic E-state index is -0.679. The number of ether oxygens (including phenoxy) is 3. The standard InChI is InChI=1S/C27H34N4O6/c1-6-36-24(32)21-10-8-7-9-20(31-26(34)37-27(2,3)4)23-15-17(13-14-28-23)19-12-11-18(16-22(19)30-21)29-25(33)35-5/h7-8,11-16,20-21,30H,6,9-10H2,1-5H3,(H,29,33)(H,31,34)/b8-7+/t20-,21-/m0/s1. The number of hydrogen-bond acceptors (Lipinski definition) is 8. The molecule has 3 N–H and O–H groups in total. The van der Waals surface area contributed by atoms with Crippen LogP contribution in [-0.2, 0) is 19.0 Å². The summed E-state index contributed by atoms with van der Waals surface area (Å²) in [6.07, 6.45) is 5.04. The molecule has 2 heterocycles. The molecular weight excluding hydrogens is 476 g/mol. The molecule has 2 atom stereocenters. The van der Waals surface area contributed by atoms with Gasteiger partial charge in [0.25, 0.3) is 0 Å². The maximum Gasteiger partial charge on any atom is 0.411 e. The Bertz CT molecular complexity index is 1160. The number of alkyl carbamates (subject to hydrolysis) is 1. The van der Waals surface area contributed by atoms with Crippen LogP contribution in [0, 0.1) is 0 Å². The van der Waals surface area contributed by atoms with Crippen molar-refractivity contribution in [1.82, 2.24) is 10.3 Å². The van der Waals surface area contributed by atoms with Crippen molar-refractivity contribution in [2.24, 2.45) is 0 Å². The first kappa shape index (κ1) is 27.5. The molecule has 1 aromatic heterocycles. The average Bonchev–Trinajstić information content (AvgIpc) is 2.83. The number of anilines is 2. The molecule has 0 saturated carbocycles. The number of methoxy groups -OCH3 is 1. The van der Waals surface area contributed by atoms with Crippen LogP contribution < -0.4 is 16.0 Å². The topological polar surface area (TPSA) is 128 Å². The Morgan fingerprint density at radius 1 is 1.08 bits per heavy atom. The third-order valence-corrected chi connectivity index (χ3v) is 5.40. The minimum absolute atomic E-state index is 0.243. The van der Waals surface area contributed by atoms with Crippen LogP contribution in [0.15, 0.2) is 48.7 Å². The maximum atomic E-state index is 12.8. The van der Waals surface area contributed by atoms with Crippen molar-refractivity contribution >= 4 is 29.5 Å². The number of nitrogens with zero attached hydrogens (tertiary/aromatic N) is 1. The normalized spacial score (nSPS) is 18.0. The zero-order valence-corrected chi connectivity index (χ0v) is 21.8. The van der Waals surface area contributed by atoms with Gasteiger partial charge in [0.2, 0.25) is 0 Å². The van der Waals surface area contributed by atoms with Gasteiger partial charge in [0.15, 0.2) is 0 Å². The first-order chi connectivity index (χ1) is 17.6. The number of fused-ring (bicyclic) bond motifs is 4. The number of nitrogens with one attached hydrogen (secondary N) is 3. The van der Waals surface area contributed by atoms with E-state index in [0.29, 0.717) is 29.9 Å². The number of amides is 2. The van der Waals surface area contributed by atoms with E-state index >= 15 is 0 Å². The smallest absolute Gasteiger partial charge is 0.411 e. The van der Waals surface area contributed by atoms with Crippen molar-refractivity contribution in [2.45, 2.75) is 58.2 Å². The maximum absolute atomic E-state index is 12.8. The van der Waals surface area contributed by atoms with E-state index in [9.17, 15) is 14.4 Å². The summed E-state index contributed by atoms with van der Waals surface area (Å²) < 4.78 is 15.4. The van der Waals surface area contributed by atoms with Gasteiger partial charge in [-0.2, -0.15) is 0 Å². The van der Waals surface area contributed by atoms with Crippen molar-refractivity contribution in [1.29, 1.82) is 0 Å². The van der Waals surface area contributed by atoms with E-state index in [1.54, 1.807) is 46.0 Å². The molecule has 0 aliphatic carbocycles. The molecule has 0 spiro atoms. The summed E-state index contributed by atoms with van der Waals surface area (Å²) in [4.78, 5) is 41.6. The van der Waals surface area contributed by atoms with Gasteiger partial charge in [-0.15, -0.1) is 0 Å². The highest BCUT2D eigenvalue weighted by molar-refractivity contribution is 5.90. The molecule has 0 saturated heterocycles. The molecule has 0 fully saturated rings. The van der Waals surface area contributed by atoms with E-state index in [-0.39, 0.29) is 6.61 Å². The Labute approximate surface area is 216 Å². The molecule has 0 radical (unpaired) electrons. The third-order valence-electron chi connectivity index (χ3n) is 5.40. The van der Waals surface area contributed by atoms with Crippen LogP contribution in [0.2, 0.25) is 0 Å². The van der Waals surface area contributed by atoms with Crippen LogP contribution in [0.4, 0.5) is 21.0 Å². The first-order valence-electron chi connectivity index (χ1n) is 12.1. The summed E-state index contributed by atoms with van der Waals surface area (Å²) in [6.45, 7) is 7.40. The van der Waals surface area contributed by atoms with E-state index in [1.165, 1.54) is 7.11 Å². The largest absolute Gasteiger partial charge is 0.464 e. The van der Waals surface area contributed by atoms with E-state index < -0.39 is 35.8 Å². The van der Waals surface area contributed by atoms with Gasteiger partial charge < -0.3 is 24.8 Å². The van der Waals surface area contributed by atoms with Gasteiger partial charge in [0.05, 0.1) is 25.5 Å². The van der Waals surface area contributed by atoms with Crippen molar-refractivity contribution in [3.8, 4) is 11.1 Å². The lowest BCUT2D eigenvalue weighted by Crippen LogP contribution is -2.35. The van der Waals surface area contributed by atoms with Crippen molar-refractivity contribution in [2.75, 3.05) is 24.4 Å². The van der Waals surface area contributed by atoms with Gasteiger partial charge in [-0.25, -0.2) is 14.4 Å². The molecule has 1 aliphatic rings. The molecule has 1 aromatic carbocycles. The Morgan fingerprint density at radius 3 is 2.54 bits per heavy atom. The van der Waals surface area contributed by atoms with Crippen LogP contribution in [0.25, 0.3) is 11.1 Å². The number of rotatable bonds is 4. The van der Waals surface area contributed by atoms with Crippen LogP contribution in [0.1, 0.15) is 52.3 Å². The average molecular weight is 511 g/mol. The number of benzene rings is 1. The van der Waals surface area contributed by atoms with E-state index in [2.05, 4.69) is 20.9 Å². The number of pyridine rings is 1. The second kappa shape index (κ2) is 12.2. The Hall–Kier alpha value is -4.08. The molecule has 10 nitrogen and oxygen atoms in total. The summed E-state index contributed by atoms with van der Waals surface area (Å²) in [7, 11) is 1.28. The lowest BCUT2D eigenvalue weighted by molar-refractivity contribution is -0.143.